The number of hydrogen-bond donors (Lipinski definition) is 1. The van der Waals surface area contributed by atoms with Crippen LogP contribution >= 0.6 is 0 Å². The number of carbonyl (C=O) groups is 2. The molecule has 0 radical (unpaired) electrons. The normalized spacial score (nSPS) is 15.8. The van der Waals surface area contributed by atoms with E-state index in [0.717, 1.165) is 11.4 Å². The summed E-state index contributed by atoms with van der Waals surface area (Å²) >= 11 is 0. The van der Waals surface area contributed by atoms with E-state index < -0.39 is 0 Å². The fourth-order valence-electron chi connectivity index (χ4n) is 2.79. The highest BCUT2D eigenvalue weighted by Gasteiger charge is 2.34. The van der Waals surface area contributed by atoms with Crippen molar-refractivity contribution in [2.45, 2.75) is 13.3 Å². The average molecular weight is 363 g/mol. The Balaban J connectivity index is 1.41. The summed E-state index contributed by atoms with van der Waals surface area (Å²) in [6.45, 7) is 2.75. The van der Waals surface area contributed by atoms with E-state index in [-0.39, 0.29) is 37.3 Å². The first-order chi connectivity index (χ1) is 13.1. The lowest BCUT2D eigenvalue weighted by Gasteiger charge is -2.16. The van der Waals surface area contributed by atoms with Crippen LogP contribution in [0.25, 0.3) is 0 Å². The first-order valence-electron chi connectivity index (χ1n) is 8.78. The van der Waals surface area contributed by atoms with Crippen molar-refractivity contribution >= 4 is 17.5 Å². The summed E-state index contributed by atoms with van der Waals surface area (Å²) in [4.78, 5) is 30.2. The molecule has 6 heteroatoms. The molecule has 1 N–H and O–H groups in total. The molecule has 1 aromatic heterocycles. The molecule has 1 aliphatic rings. The van der Waals surface area contributed by atoms with Crippen LogP contribution in [0.15, 0.2) is 48.7 Å². The van der Waals surface area contributed by atoms with E-state index in [2.05, 4.69) is 22.1 Å². The topological polar surface area (TPSA) is 71.5 Å². The van der Waals surface area contributed by atoms with Crippen molar-refractivity contribution in [1.82, 2.24) is 10.3 Å². The van der Waals surface area contributed by atoms with E-state index in [1.165, 1.54) is 0 Å². The molecule has 0 bridgehead atoms. The van der Waals surface area contributed by atoms with Crippen LogP contribution in [-0.2, 0) is 9.59 Å². The van der Waals surface area contributed by atoms with Gasteiger partial charge in [-0.25, -0.2) is 0 Å². The van der Waals surface area contributed by atoms with E-state index in [1.54, 1.807) is 11.1 Å². The lowest BCUT2D eigenvalue weighted by molar-refractivity contribution is -0.126. The van der Waals surface area contributed by atoms with Gasteiger partial charge in [-0.1, -0.05) is 30.0 Å². The second-order valence-corrected chi connectivity index (χ2v) is 6.24. The largest absolute Gasteiger partial charge is 0.479 e. The molecular formula is C21H21N3O3. The van der Waals surface area contributed by atoms with Crippen molar-refractivity contribution < 1.29 is 14.3 Å². The molecule has 1 unspecified atom stereocenters. The maximum Gasteiger partial charge on any atom is 0.227 e. The van der Waals surface area contributed by atoms with Crippen LogP contribution in [0.5, 0.6) is 5.75 Å². The quantitative estimate of drug-likeness (QED) is 0.824. The number of anilines is 1. The van der Waals surface area contributed by atoms with Crippen LogP contribution in [0.2, 0.25) is 0 Å². The molecule has 2 heterocycles. The molecule has 1 atom stereocenters. The van der Waals surface area contributed by atoms with E-state index >= 15 is 0 Å². The Morgan fingerprint density at radius 3 is 2.81 bits per heavy atom. The van der Waals surface area contributed by atoms with Crippen molar-refractivity contribution in [2.75, 3.05) is 24.6 Å². The number of benzene rings is 1. The van der Waals surface area contributed by atoms with Gasteiger partial charge in [0.2, 0.25) is 11.8 Å². The summed E-state index contributed by atoms with van der Waals surface area (Å²) in [6, 6.07) is 13.1. The predicted octanol–water partition coefficient (Wildman–Crippen LogP) is 1.94. The van der Waals surface area contributed by atoms with Crippen LogP contribution in [0.4, 0.5) is 5.69 Å². The minimum absolute atomic E-state index is 0.0347. The zero-order valence-electron chi connectivity index (χ0n) is 15.1. The number of nitrogens with one attached hydrogen (secondary N) is 1. The Labute approximate surface area is 158 Å². The number of rotatable bonds is 5. The minimum Gasteiger partial charge on any atom is -0.479 e. The number of carbonyl (C=O) groups excluding carboxylic acids is 2. The van der Waals surface area contributed by atoms with Crippen LogP contribution < -0.4 is 15.0 Å². The molecule has 1 fully saturated rings. The number of ether oxygens (including phenoxy) is 1. The van der Waals surface area contributed by atoms with Crippen LogP contribution in [0.3, 0.4) is 0 Å². The van der Waals surface area contributed by atoms with Gasteiger partial charge in [0.05, 0.1) is 18.7 Å². The number of amides is 2. The van der Waals surface area contributed by atoms with E-state index in [4.69, 9.17) is 4.74 Å². The van der Waals surface area contributed by atoms with Gasteiger partial charge < -0.3 is 15.0 Å². The molecule has 0 saturated carbocycles. The number of para-hydroxylation sites is 1. The van der Waals surface area contributed by atoms with Gasteiger partial charge in [-0.15, -0.1) is 0 Å². The number of nitrogens with zero attached hydrogens (tertiary/aromatic N) is 2. The summed E-state index contributed by atoms with van der Waals surface area (Å²) in [5, 5.41) is 2.76. The zero-order chi connectivity index (χ0) is 19.1. The van der Waals surface area contributed by atoms with Crippen molar-refractivity contribution in [3.63, 3.8) is 0 Å². The lowest BCUT2D eigenvalue weighted by atomic mass is 10.1. The maximum absolute atomic E-state index is 12.3. The maximum atomic E-state index is 12.3. The number of pyridine rings is 1. The molecule has 0 aliphatic carbocycles. The Kier molecular flexibility index (Phi) is 6.06. The van der Waals surface area contributed by atoms with Crippen molar-refractivity contribution in [3.05, 3.63) is 54.4 Å². The summed E-state index contributed by atoms with van der Waals surface area (Å²) in [7, 11) is 0. The molecular weight excluding hydrogens is 342 g/mol. The second kappa shape index (κ2) is 8.86. The summed E-state index contributed by atoms with van der Waals surface area (Å²) in [5.41, 5.74) is 1.74. The molecule has 3 rings (SSSR count). The Hall–Kier alpha value is -3.33. The standard InChI is InChI=1S/C21H21N3O3/c1-16-9-10-19(14-23-16)27-12-6-5-11-22-21(26)17-13-20(25)24(15-17)18-7-3-2-4-8-18/h2-4,7-10,14,17H,11-13,15H2,1H3,(H,22,26). The van der Waals surface area contributed by atoms with E-state index in [1.807, 2.05) is 49.4 Å². The minimum atomic E-state index is -0.352. The fraction of sp³-hybridized carbons (Fsp3) is 0.286. The summed E-state index contributed by atoms with van der Waals surface area (Å²) < 4.78 is 5.44. The molecule has 2 amide bonds. The Morgan fingerprint density at radius 2 is 2.07 bits per heavy atom. The molecule has 1 aromatic carbocycles. The predicted molar refractivity (Wildman–Crippen MR) is 102 cm³/mol. The zero-order valence-corrected chi connectivity index (χ0v) is 15.1. The molecule has 2 aromatic rings. The van der Waals surface area contributed by atoms with Gasteiger partial charge in [0.15, 0.2) is 0 Å². The lowest BCUT2D eigenvalue weighted by Crippen LogP contribution is -2.33. The van der Waals surface area contributed by atoms with Gasteiger partial charge in [0.25, 0.3) is 0 Å². The number of aryl methyl sites for hydroxylation is 1. The number of hydrogen-bond acceptors (Lipinski definition) is 4. The molecule has 27 heavy (non-hydrogen) atoms. The molecule has 1 aliphatic heterocycles. The molecule has 6 nitrogen and oxygen atoms in total. The SMILES string of the molecule is Cc1ccc(OCC#CCNC(=O)C2CC(=O)N(c3ccccc3)C2)cn1. The van der Waals surface area contributed by atoms with Crippen molar-refractivity contribution in [1.29, 1.82) is 0 Å². The third-order valence-electron chi connectivity index (χ3n) is 4.23. The first kappa shape index (κ1) is 18.5. The third kappa shape index (κ3) is 5.08. The van der Waals surface area contributed by atoms with Gasteiger partial charge in [-0.05, 0) is 31.2 Å². The van der Waals surface area contributed by atoms with Gasteiger partial charge in [-0.2, -0.15) is 0 Å². The van der Waals surface area contributed by atoms with Crippen molar-refractivity contribution in [2.24, 2.45) is 5.92 Å². The van der Waals surface area contributed by atoms with Gasteiger partial charge in [0, 0.05) is 24.3 Å². The Bertz CT molecular complexity index is 854. The fourth-order valence-corrected chi connectivity index (χ4v) is 2.79. The highest BCUT2D eigenvalue weighted by molar-refractivity contribution is 6.00. The summed E-state index contributed by atoms with van der Waals surface area (Å²) in [5.74, 6) is 5.81. The molecule has 138 valence electrons. The monoisotopic (exact) mass is 363 g/mol. The van der Waals surface area contributed by atoms with Crippen LogP contribution in [0.1, 0.15) is 12.1 Å². The average Bonchev–Trinajstić information content (AvgIpc) is 3.08. The van der Waals surface area contributed by atoms with Crippen molar-refractivity contribution in [3.8, 4) is 17.6 Å². The van der Waals surface area contributed by atoms with Gasteiger partial charge >= 0.3 is 0 Å². The van der Waals surface area contributed by atoms with Gasteiger partial charge in [-0.3, -0.25) is 14.6 Å². The van der Waals surface area contributed by atoms with E-state index in [0.29, 0.717) is 12.3 Å². The van der Waals surface area contributed by atoms with Crippen LogP contribution in [0, 0.1) is 24.7 Å². The Morgan fingerprint density at radius 1 is 1.26 bits per heavy atom. The van der Waals surface area contributed by atoms with E-state index in [9.17, 15) is 9.59 Å². The third-order valence-corrected chi connectivity index (χ3v) is 4.23. The number of aromatic nitrogens is 1. The second-order valence-electron chi connectivity index (χ2n) is 6.24. The van der Waals surface area contributed by atoms with Gasteiger partial charge in [0.1, 0.15) is 12.4 Å². The highest BCUT2D eigenvalue weighted by atomic mass is 16.5. The summed E-state index contributed by atoms with van der Waals surface area (Å²) in [6.07, 6.45) is 1.87. The molecule has 1 saturated heterocycles. The smallest absolute Gasteiger partial charge is 0.227 e. The molecule has 0 spiro atoms. The van der Waals surface area contributed by atoms with Crippen LogP contribution in [-0.4, -0.2) is 36.5 Å². The highest BCUT2D eigenvalue weighted by Crippen LogP contribution is 2.24. The first-order valence-corrected chi connectivity index (χ1v) is 8.78.